The van der Waals surface area contributed by atoms with E-state index in [9.17, 15) is 24.6 Å². The SMILES string of the molecule is CCC[C@@H]1[C@H](O)[C@H](O)[C@@H](NC(C)=O)CN1C(=O)CCCCC(=O)OCc1ccccc1. The Bertz CT molecular complexity index is 726. The van der Waals surface area contributed by atoms with Crippen LogP contribution in [0, 0.1) is 0 Å². The molecule has 1 saturated heterocycles. The number of benzene rings is 1. The lowest BCUT2D eigenvalue weighted by Crippen LogP contribution is -2.66. The lowest BCUT2D eigenvalue weighted by molar-refractivity contribution is -0.151. The van der Waals surface area contributed by atoms with Crippen molar-refractivity contribution in [2.45, 2.75) is 83.3 Å². The summed E-state index contributed by atoms with van der Waals surface area (Å²) < 4.78 is 5.24. The molecule has 0 bridgehead atoms. The van der Waals surface area contributed by atoms with Crippen LogP contribution in [0.1, 0.15) is 57.9 Å². The van der Waals surface area contributed by atoms with E-state index in [4.69, 9.17) is 4.74 Å². The van der Waals surface area contributed by atoms with Crippen LogP contribution < -0.4 is 5.32 Å². The van der Waals surface area contributed by atoms with Crippen molar-refractivity contribution in [3.8, 4) is 0 Å². The minimum Gasteiger partial charge on any atom is -0.461 e. The van der Waals surface area contributed by atoms with Gasteiger partial charge in [-0.05, 0) is 24.8 Å². The summed E-state index contributed by atoms with van der Waals surface area (Å²) in [5, 5.41) is 23.5. The van der Waals surface area contributed by atoms with E-state index in [2.05, 4.69) is 5.32 Å². The van der Waals surface area contributed by atoms with Crippen LogP contribution >= 0.6 is 0 Å². The van der Waals surface area contributed by atoms with Gasteiger partial charge in [0.1, 0.15) is 18.8 Å². The molecule has 0 radical (unpaired) electrons. The molecule has 8 heteroatoms. The van der Waals surface area contributed by atoms with Crippen LogP contribution in [0.25, 0.3) is 0 Å². The molecule has 8 nitrogen and oxygen atoms in total. The maximum absolute atomic E-state index is 12.8. The molecule has 0 saturated carbocycles. The molecule has 0 aromatic heterocycles. The number of aliphatic hydroxyl groups is 2. The molecule has 4 atom stereocenters. The number of esters is 1. The lowest BCUT2D eigenvalue weighted by atomic mass is 9.89. The van der Waals surface area contributed by atoms with Crippen LogP contribution in [-0.4, -0.2) is 63.7 Å². The number of likely N-dealkylation sites (tertiary alicyclic amines) is 1. The number of aliphatic hydroxyl groups excluding tert-OH is 2. The molecule has 31 heavy (non-hydrogen) atoms. The fourth-order valence-electron chi connectivity index (χ4n) is 3.91. The fourth-order valence-corrected chi connectivity index (χ4v) is 3.91. The fraction of sp³-hybridized carbons (Fsp3) is 0.609. The van der Waals surface area contributed by atoms with Crippen LogP contribution in [0.4, 0.5) is 0 Å². The van der Waals surface area contributed by atoms with Crippen molar-refractivity contribution >= 4 is 17.8 Å². The highest BCUT2D eigenvalue weighted by molar-refractivity contribution is 5.77. The van der Waals surface area contributed by atoms with Gasteiger partial charge in [-0.25, -0.2) is 0 Å². The molecule has 2 amide bonds. The third kappa shape index (κ3) is 7.63. The number of nitrogens with zero attached hydrogens (tertiary/aromatic N) is 1. The number of carbonyl (C=O) groups excluding carboxylic acids is 3. The van der Waals surface area contributed by atoms with Gasteiger partial charge < -0.3 is 25.2 Å². The van der Waals surface area contributed by atoms with Crippen molar-refractivity contribution in [3.63, 3.8) is 0 Å². The van der Waals surface area contributed by atoms with Gasteiger partial charge in [0.15, 0.2) is 0 Å². The van der Waals surface area contributed by atoms with Crippen LogP contribution in [0.2, 0.25) is 0 Å². The molecule has 0 spiro atoms. The third-order valence-corrected chi connectivity index (χ3v) is 5.51. The quantitative estimate of drug-likeness (QED) is 0.380. The first-order chi connectivity index (χ1) is 14.8. The molecule has 1 heterocycles. The third-order valence-electron chi connectivity index (χ3n) is 5.51. The molecular formula is C23H34N2O6. The minimum absolute atomic E-state index is 0.153. The highest BCUT2D eigenvalue weighted by Crippen LogP contribution is 2.24. The predicted molar refractivity (Wildman–Crippen MR) is 115 cm³/mol. The van der Waals surface area contributed by atoms with E-state index in [1.165, 1.54) is 6.92 Å². The van der Waals surface area contributed by atoms with Gasteiger partial charge in [0, 0.05) is 26.3 Å². The van der Waals surface area contributed by atoms with Gasteiger partial charge in [-0.15, -0.1) is 0 Å². The number of hydrogen-bond acceptors (Lipinski definition) is 6. The first-order valence-electron chi connectivity index (χ1n) is 11.0. The van der Waals surface area contributed by atoms with Crippen molar-refractivity contribution in [3.05, 3.63) is 35.9 Å². The van der Waals surface area contributed by atoms with Gasteiger partial charge in [-0.2, -0.15) is 0 Å². The molecule has 1 aromatic rings. The summed E-state index contributed by atoms with van der Waals surface area (Å²) in [5.74, 6) is -0.786. The van der Waals surface area contributed by atoms with Crippen LogP contribution in [0.15, 0.2) is 30.3 Å². The Morgan fingerprint density at radius 3 is 2.42 bits per heavy atom. The largest absolute Gasteiger partial charge is 0.461 e. The molecule has 0 unspecified atom stereocenters. The maximum Gasteiger partial charge on any atom is 0.306 e. The lowest BCUT2D eigenvalue weighted by Gasteiger charge is -2.45. The average Bonchev–Trinajstić information content (AvgIpc) is 2.75. The van der Waals surface area contributed by atoms with E-state index in [1.54, 1.807) is 4.90 Å². The zero-order valence-electron chi connectivity index (χ0n) is 18.3. The predicted octanol–water partition coefficient (Wildman–Crippen LogP) is 1.53. The van der Waals surface area contributed by atoms with Gasteiger partial charge in [0.2, 0.25) is 11.8 Å². The van der Waals surface area contributed by atoms with Crippen LogP contribution in [0.5, 0.6) is 0 Å². The summed E-state index contributed by atoms with van der Waals surface area (Å²) in [5.41, 5.74) is 0.924. The minimum atomic E-state index is -1.12. The molecule has 1 aliphatic heterocycles. The number of ether oxygens (including phenoxy) is 1. The molecule has 2 rings (SSSR count). The number of carbonyl (C=O) groups is 3. The Kier molecular flexibility index (Phi) is 9.94. The highest BCUT2D eigenvalue weighted by Gasteiger charge is 2.43. The van der Waals surface area contributed by atoms with Gasteiger partial charge in [0.25, 0.3) is 0 Å². The molecule has 0 aliphatic carbocycles. The number of piperidine rings is 1. The first-order valence-corrected chi connectivity index (χ1v) is 11.0. The standard InChI is InChI=1S/C23H34N2O6/c1-3-9-19-23(30)22(29)18(24-16(2)26)14-25(19)20(27)12-7-8-13-21(28)31-15-17-10-5-4-6-11-17/h4-6,10-11,18-19,22-23,29-30H,3,7-9,12-15H2,1-2H3,(H,24,26)/t18-,19+,22+,23-/m0/s1. The van der Waals surface area contributed by atoms with E-state index in [0.717, 1.165) is 12.0 Å². The smallest absolute Gasteiger partial charge is 0.306 e. The second-order valence-electron chi connectivity index (χ2n) is 8.04. The zero-order chi connectivity index (χ0) is 22.8. The summed E-state index contributed by atoms with van der Waals surface area (Å²) in [6.07, 6.45) is 0.547. The van der Waals surface area contributed by atoms with Crippen molar-refractivity contribution in [2.24, 2.45) is 0 Å². The number of hydrogen-bond donors (Lipinski definition) is 3. The van der Waals surface area contributed by atoms with Gasteiger partial charge in [0.05, 0.1) is 12.1 Å². The van der Waals surface area contributed by atoms with Gasteiger partial charge in [-0.1, -0.05) is 43.7 Å². The van der Waals surface area contributed by atoms with Crippen molar-refractivity contribution in [1.29, 1.82) is 0 Å². The molecule has 3 N–H and O–H groups in total. The van der Waals surface area contributed by atoms with Crippen molar-refractivity contribution in [1.82, 2.24) is 10.2 Å². The summed E-state index contributed by atoms with van der Waals surface area (Å²) in [7, 11) is 0. The van der Waals surface area contributed by atoms with Crippen LogP contribution in [-0.2, 0) is 25.7 Å². The molecular weight excluding hydrogens is 400 g/mol. The molecule has 172 valence electrons. The maximum atomic E-state index is 12.8. The van der Waals surface area contributed by atoms with E-state index in [0.29, 0.717) is 19.3 Å². The van der Waals surface area contributed by atoms with Crippen molar-refractivity contribution in [2.75, 3.05) is 6.54 Å². The van der Waals surface area contributed by atoms with Crippen molar-refractivity contribution < 1.29 is 29.3 Å². The van der Waals surface area contributed by atoms with E-state index < -0.39 is 24.3 Å². The second-order valence-corrected chi connectivity index (χ2v) is 8.04. The Morgan fingerprint density at radius 1 is 1.10 bits per heavy atom. The Labute approximate surface area is 183 Å². The van der Waals surface area contributed by atoms with Crippen LogP contribution in [0.3, 0.4) is 0 Å². The number of unbranched alkanes of at least 4 members (excludes halogenated alkanes) is 1. The summed E-state index contributed by atoms with van der Waals surface area (Å²) >= 11 is 0. The summed E-state index contributed by atoms with van der Waals surface area (Å²) in [6, 6.07) is 8.23. The summed E-state index contributed by atoms with van der Waals surface area (Å²) in [4.78, 5) is 37.7. The normalized spacial score (nSPS) is 23.3. The van der Waals surface area contributed by atoms with Gasteiger partial charge >= 0.3 is 5.97 Å². The number of nitrogens with one attached hydrogen (secondary N) is 1. The Morgan fingerprint density at radius 2 is 1.77 bits per heavy atom. The molecule has 1 fully saturated rings. The van der Waals surface area contributed by atoms with Gasteiger partial charge in [-0.3, -0.25) is 14.4 Å². The van der Waals surface area contributed by atoms with E-state index in [1.807, 2.05) is 37.3 Å². The monoisotopic (exact) mass is 434 g/mol. The number of amides is 2. The Balaban J connectivity index is 1.81. The molecule has 1 aliphatic rings. The second kappa shape index (κ2) is 12.4. The highest BCUT2D eigenvalue weighted by atomic mass is 16.5. The summed E-state index contributed by atoms with van der Waals surface area (Å²) in [6.45, 7) is 3.67. The first kappa shape index (κ1) is 24.8. The molecule has 1 aromatic carbocycles. The average molecular weight is 435 g/mol. The zero-order valence-corrected chi connectivity index (χ0v) is 18.3. The topological polar surface area (TPSA) is 116 Å². The Hall–Kier alpha value is -2.45. The van der Waals surface area contributed by atoms with E-state index in [-0.39, 0.29) is 43.8 Å². The number of rotatable bonds is 10. The van der Waals surface area contributed by atoms with E-state index >= 15 is 0 Å².